The van der Waals surface area contributed by atoms with Gasteiger partial charge in [0.05, 0.1) is 29.3 Å². The van der Waals surface area contributed by atoms with Crippen molar-refractivity contribution < 1.29 is 14.4 Å². The zero-order chi connectivity index (χ0) is 16.4. The Labute approximate surface area is 143 Å². The number of aliphatic hydroxyl groups excluding tert-OH is 1. The quantitative estimate of drug-likeness (QED) is 0.733. The summed E-state index contributed by atoms with van der Waals surface area (Å²) in [5, 5.41) is 14.8. The Hall–Kier alpha value is -2.01. The normalized spacial score (nSPS) is 10.8. The van der Waals surface area contributed by atoms with Gasteiger partial charge in [-0.3, -0.25) is 0 Å². The molecule has 1 aromatic heterocycles. The summed E-state index contributed by atoms with van der Waals surface area (Å²) in [4.78, 5) is 0. The van der Waals surface area contributed by atoms with E-state index < -0.39 is 0 Å². The highest BCUT2D eigenvalue weighted by atomic mass is 35.5. The molecule has 0 aliphatic carbocycles. The van der Waals surface area contributed by atoms with Crippen LogP contribution in [0, 0.1) is 0 Å². The minimum Gasteiger partial charge on any atom is -0.497 e. The molecule has 0 spiro atoms. The fraction of sp³-hybridized carbons (Fsp3) is 0.118. The molecular weight excluding hydrogens is 337 g/mol. The predicted octanol–water partition coefficient (Wildman–Crippen LogP) is 4.82. The van der Waals surface area contributed by atoms with E-state index in [-0.39, 0.29) is 6.61 Å². The van der Waals surface area contributed by atoms with Crippen LogP contribution in [0.3, 0.4) is 0 Å². The van der Waals surface area contributed by atoms with Crippen molar-refractivity contribution in [1.82, 2.24) is 5.16 Å². The van der Waals surface area contributed by atoms with Gasteiger partial charge in [0.1, 0.15) is 11.4 Å². The standard InChI is InChI=1S/C17H13Cl2NO3/c1-22-11-5-2-4-10(8-11)17-12(9-21)16(20-23-17)15-13(18)6-3-7-14(15)19/h2-8,21H,9H2,1H3. The van der Waals surface area contributed by atoms with Gasteiger partial charge in [-0.25, -0.2) is 0 Å². The van der Waals surface area contributed by atoms with E-state index in [1.807, 2.05) is 18.2 Å². The van der Waals surface area contributed by atoms with Gasteiger partial charge < -0.3 is 14.4 Å². The third-order valence-electron chi connectivity index (χ3n) is 3.48. The van der Waals surface area contributed by atoms with Crippen LogP contribution in [0.4, 0.5) is 0 Å². The number of nitrogens with zero attached hydrogens (tertiary/aromatic N) is 1. The van der Waals surface area contributed by atoms with Gasteiger partial charge in [-0.15, -0.1) is 0 Å². The van der Waals surface area contributed by atoms with E-state index in [9.17, 15) is 5.11 Å². The second-order valence-electron chi connectivity index (χ2n) is 4.83. The molecule has 0 amide bonds. The number of halogens is 2. The molecule has 0 bridgehead atoms. The number of hydrogen-bond donors (Lipinski definition) is 1. The molecule has 0 saturated carbocycles. The van der Waals surface area contributed by atoms with Crippen LogP contribution in [0.25, 0.3) is 22.6 Å². The second-order valence-corrected chi connectivity index (χ2v) is 5.64. The Balaban J connectivity index is 2.17. The van der Waals surface area contributed by atoms with Gasteiger partial charge in [0.2, 0.25) is 0 Å². The number of hydrogen-bond acceptors (Lipinski definition) is 4. The summed E-state index contributed by atoms with van der Waals surface area (Å²) in [6.07, 6.45) is 0. The Morgan fingerprint density at radius 3 is 2.48 bits per heavy atom. The fourth-order valence-electron chi connectivity index (χ4n) is 2.37. The minimum absolute atomic E-state index is 0.257. The van der Waals surface area contributed by atoms with E-state index in [4.69, 9.17) is 32.5 Å². The molecule has 4 nitrogen and oxygen atoms in total. The van der Waals surface area contributed by atoms with Gasteiger partial charge in [-0.1, -0.05) is 46.6 Å². The summed E-state index contributed by atoms with van der Waals surface area (Å²) in [7, 11) is 1.58. The lowest BCUT2D eigenvalue weighted by Crippen LogP contribution is -1.91. The van der Waals surface area contributed by atoms with Crippen molar-refractivity contribution in [2.75, 3.05) is 7.11 Å². The van der Waals surface area contributed by atoms with Crippen LogP contribution < -0.4 is 4.74 Å². The monoisotopic (exact) mass is 349 g/mol. The van der Waals surface area contributed by atoms with Gasteiger partial charge in [-0.05, 0) is 24.3 Å². The average Bonchev–Trinajstić information content (AvgIpc) is 2.98. The first-order chi connectivity index (χ1) is 11.2. The maximum Gasteiger partial charge on any atom is 0.173 e. The Morgan fingerprint density at radius 2 is 1.83 bits per heavy atom. The van der Waals surface area contributed by atoms with Crippen LogP contribution in [0.5, 0.6) is 5.75 Å². The molecule has 0 saturated heterocycles. The Bertz CT molecular complexity index is 825. The van der Waals surface area contributed by atoms with Crippen LogP contribution in [-0.2, 0) is 6.61 Å². The summed E-state index contributed by atoms with van der Waals surface area (Å²) >= 11 is 12.5. The summed E-state index contributed by atoms with van der Waals surface area (Å²) in [5.74, 6) is 1.14. The van der Waals surface area contributed by atoms with Crippen LogP contribution in [0.15, 0.2) is 47.0 Å². The van der Waals surface area contributed by atoms with E-state index >= 15 is 0 Å². The highest BCUT2D eigenvalue weighted by Crippen LogP contribution is 2.39. The van der Waals surface area contributed by atoms with Gasteiger partial charge in [-0.2, -0.15) is 0 Å². The van der Waals surface area contributed by atoms with E-state index in [1.165, 1.54) is 0 Å². The summed E-state index contributed by atoms with van der Waals surface area (Å²) in [6.45, 7) is -0.257. The SMILES string of the molecule is COc1cccc(-c2onc(-c3c(Cl)cccc3Cl)c2CO)c1. The van der Waals surface area contributed by atoms with Gasteiger partial charge in [0.15, 0.2) is 5.76 Å². The van der Waals surface area contributed by atoms with Crippen molar-refractivity contribution in [3.63, 3.8) is 0 Å². The highest BCUT2D eigenvalue weighted by Gasteiger charge is 2.22. The molecule has 118 valence electrons. The molecule has 3 aromatic rings. The molecule has 0 atom stereocenters. The summed E-state index contributed by atoms with van der Waals surface area (Å²) < 4.78 is 10.7. The molecule has 2 aromatic carbocycles. The molecule has 1 N–H and O–H groups in total. The number of ether oxygens (including phenoxy) is 1. The molecule has 23 heavy (non-hydrogen) atoms. The molecule has 0 fully saturated rings. The first-order valence-electron chi connectivity index (χ1n) is 6.84. The number of rotatable bonds is 4. The molecular formula is C17H13Cl2NO3. The lowest BCUT2D eigenvalue weighted by Gasteiger charge is -2.06. The van der Waals surface area contributed by atoms with Gasteiger partial charge in [0.25, 0.3) is 0 Å². The van der Waals surface area contributed by atoms with E-state index in [1.54, 1.807) is 31.4 Å². The van der Waals surface area contributed by atoms with Crippen molar-refractivity contribution in [2.24, 2.45) is 0 Å². The molecule has 0 aliphatic heterocycles. The third-order valence-corrected chi connectivity index (χ3v) is 4.11. The zero-order valence-electron chi connectivity index (χ0n) is 12.2. The lowest BCUT2D eigenvalue weighted by molar-refractivity contribution is 0.281. The van der Waals surface area contributed by atoms with Gasteiger partial charge in [0, 0.05) is 11.1 Å². The second kappa shape index (κ2) is 6.62. The molecule has 6 heteroatoms. The fourth-order valence-corrected chi connectivity index (χ4v) is 2.94. The lowest BCUT2D eigenvalue weighted by atomic mass is 10.0. The average molecular weight is 350 g/mol. The third kappa shape index (κ3) is 2.93. The van der Waals surface area contributed by atoms with Gasteiger partial charge >= 0.3 is 0 Å². The highest BCUT2D eigenvalue weighted by molar-refractivity contribution is 6.39. The Kier molecular flexibility index (Phi) is 4.57. The van der Waals surface area contributed by atoms with Crippen molar-refractivity contribution in [1.29, 1.82) is 0 Å². The number of methoxy groups -OCH3 is 1. The van der Waals surface area contributed by atoms with Crippen LogP contribution in [0.1, 0.15) is 5.56 Å². The number of aliphatic hydroxyl groups is 1. The van der Waals surface area contributed by atoms with Crippen LogP contribution >= 0.6 is 23.2 Å². The molecule has 0 radical (unpaired) electrons. The molecule has 1 heterocycles. The van der Waals surface area contributed by atoms with Crippen molar-refractivity contribution in [2.45, 2.75) is 6.61 Å². The van der Waals surface area contributed by atoms with Crippen LogP contribution in [-0.4, -0.2) is 17.4 Å². The number of aromatic nitrogens is 1. The smallest absolute Gasteiger partial charge is 0.173 e. The number of benzene rings is 2. The maximum atomic E-state index is 9.80. The first kappa shape index (κ1) is 15.9. The summed E-state index contributed by atoms with van der Waals surface area (Å²) in [6, 6.07) is 12.5. The van der Waals surface area contributed by atoms with Crippen molar-refractivity contribution in [3.8, 4) is 28.3 Å². The molecule has 0 unspecified atom stereocenters. The zero-order valence-corrected chi connectivity index (χ0v) is 13.7. The maximum absolute atomic E-state index is 9.80. The van der Waals surface area contributed by atoms with Crippen molar-refractivity contribution in [3.05, 3.63) is 58.1 Å². The van der Waals surface area contributed by atoms with E-state index in [0.717, 1.165) is 5.56 Å². The topological polar surface area (TPSA) is 55.5 Å². The minimum atomic E-state index is -0.257. The van der Waals surface area contributed by atoms with Crippen LogP contribution in [0.2, 0.25) is 10.0 Å². The van der Waals surface area contributed by atoms with Crippen molar-refractivity contribution >= 4 is 23.2 Å². The summed E-state index contributed by atoms with van der Waals surface area (Å²) in [5.41, 5.74) is 2.24. The molecule has 0 aliphatic rings. The Morgan fingerprint density at radius 1 is 1.13 bits per heavy atom. The van der Waals surface area contributed by atoms with E-state index in [0.29, 0.717) is 38.4 Å². The largest absolute Gasteiger partial charge is 0.497 e. The first-order valence-corrected chi connectivity index (χ1v) is 7.59. The van der Waals surface area contributed by atoms with E-state index in [2.05, 4.69) is 5.16 Å². The molecule has 3 rings (SSSR count). The predicted molar refractivity (Wildman–Crippen MR) is 89.9 cm³/mol.